The van der Waals surface area contributed by atoms with Crippen molar-refractivity contribution in [3.05, 3.63) is 229 Å². The third kappa shape index (κ3) is 9.32. The van der Waals surface area contributed by atoms with Gasteiger partial charge in [0, 0.05) is 47.8 Å². The van der Waals surface area contributed by atoms with E-state index in [0.29, 0.717) is 11.8 Å². The van der Waals surface area contributed by atoms with E-state index in [1.165, 1.54) is 44.8 Å². The number of hydrogen-bond acceptors (Lipinski definition) is 4. The zero-order valence-corrected chi connectivity index (χ0v) is 47.1. The summed E-state index contributed by atoms with van der Waals surface area (Å²) in [5, 5.41) is 3.16. The van der Waals surface area contributed by atoms with Crippen LogP contribution in [0.2, 0.25) is 0 Å². The van der Waals surface area contributed by atoms with E-state index in [0.717, 1.165) is 89.1 Å². The molecule has 0 N–H and O–H groups in total. The first-order valence-corrected chi connectivity index (χ1v) is 26.7. The van der Waals surface area contributed by atoms with Gasteiger partial charge in [-0.3, -0.25) is 9.97 Å². The summed E-state index contributed by atoms with van der Waals surface area (Å²) < 4.78 is 17.7. The Bertz CT molecular complexity index is 4160. The average Bonchev–Trinajstić information content (AvgIpc) is 4.42. The van der Waals surface area contributed by atoms with Gasteiger partial charge in [-0.2, -0.15) is 0 Å². The molecule has 4 heterocycles. The minimum atomic E-state index is 0. The predicted molar refractivity (Wildman–Crippen MR) is 315 cm³/mol. The maximum atomic E-state index is 6.77. The minimum Gasteiger partial charge on any atom is -0.501 e. The third-order valence-corrected chi connectivity index (χ3v) is 14.7. The molecule has 0 saturated carbocycles. The second kappa shape index (κ2) is 21.1. The van der Waals surface area contributed by atoms with Gasteiger partial charge in [-0.25, -0.2) is 0 Å². The molecule has 0 saturated heterocycles. The number of benzene rings is 9. The van der Waals surface area contributed by atoms with Crippen molar-refractivity contribution in [1.82, 2.24) is 19.1 Å². The molecule has 383 valence electrons. The maximum absolute atomic E-state index is 6.77. The molecule has 0 unspecified atom stereocenters. The first-order chi connectivity index (χ1) is 37.0. The van der Waals surface area contributed by atoms with Crippen molar-refractivity contribution >= 4 is 55.0 Å². The van der Waals surface area contributed by atoms with Gasteiger partial charge >= 0.3 is 0 Å². The Kier molecular flexibility index (Phi) is 14.0. The first-order valence-electron chi connectivity index (χ1n) is 26.7. The molecule has 0 aliphatic heterocycles. The minimum absolute atomic E-state index is 0. The Hall–Kier alpha value is -8.09. The molecular formula is C70H60IrN4O2-2. The zero-order valence-electron chi connectivity index (χ0n) is 44.7. The van der Waals surface area contributed by atoms with Crippen LogP contribution in [0.1, 0.15) is 101 Å². The molecule has 0 atom stereocenters. The van der Waals surface area contributed by atoms with Gasteiger partial charge in [0.2, 0.25) is 0 Å². The van der Waals surface area contributed by atoms with E-state index in [9.17, 15) is 0 Å². The number of nitrogens with zero attached hydrogens (tertiary/aromatic N) is 4. The van der Waals surface area contributed by atoms with Crippen molar-refractivity contribution in [2.24, 2.45) is 0 Å². The molecule has 7 heteroatoms. The van der Waals surface area contributed by atoms with E-state index >= 15 is 0 Å². The molecule has 13 aromatic rings. The summed E-state index contributed by atoms with van der Waals surface area (Å²) >= 11 is 0. The largest absolute Gasteiger partial charge is 0.501 e. The number of fused-ring (bicyclic) bond motifs is 6. The van der Waals surface area contributed by atoms with E-state index in [-0.39, 0.29) is 31.9 Å². The van der Waals surface area contributed by atoms with Crippen LogP contribution in [0, 0.1) is 12.1 Å². The number of para-hydroxylation sites is 6. The van der Waals surface area contributed by atoms with Crippen molar-refractivity contribution in [1.29, 1.82) is 0 Å². The van der Waals surface area contributed by atoms with E-state index in [1.807, 2.05) is 42.5 Å². The van der Waals surface area contributed by atoms with Crippen molar-refractivity contribution in [3.63, 3.8) is 0 Å². The van der Waals surface area contributed by atoms with Gasteiger partial charge in [0.05, 0.1) is 39.3 Å². The number of hydrogen-bond donors (Lipinski definition) is 0. The summed E-state index contributed by atoms with van der Waals surface area (Å²) in [6, 6.07) is 74.5. The molecule has 77 heavy (non-hydrogen) atoms. The van der Waals surface area contributed by atoms with Crippen molar-refractivity contribution in [2.75, 3.05) is 0 Å². The Morgan fingerprint density at radius 2 is 1.00 bits per heavy atom. The van der Waals surface area contributed by atoms with Crippen LogP contribution in [0.4, 0.5) is 0 Å². The Balaban J connectivity index is 0.000000191. The average molecular weight is 1180 g/mol. The van der Waals surface area contributed by atoms with E-state index in [1.54, 1.807) is 0 Å². The molecule has 0 spiro atoms. The number of rotatable bonds is 10. The van der Waals surface area contributed by atoms with E-state index in [2.05, 4.69) is 228 Å². The molecule has 0 amide bonds. The predicted octanol–water partition coefficient (Wildman–Crippen LogP) is 19.5. The monoisotopic (exact) mass is 1180 g/mol. The standard InChI is InChI=1S/C45H35N2O2.C25H25N2.Ir/c1-27(2)36-23-32(29-13-6-5-7-14-29)24-37(28(3)4)43(36)47-39-19-10-9-18-38(39)46-45(47)35-17-12-16-34-33-22-21-31(26-42(33)49-44(34)35)41-25-30-15-8-11-20-40(30)48-41;1-17(2)20-13-10-14-21(18(3)4)24(20)27-23-16-9-8-15-22(23)26-25(27)19-11-6-5-7-12-19;/h5-16,18-28H,1-4H3;5-11,13-18H,1-4H3;/q2*-1;. The van der Waals surface area contributed by atoms with Crippen LogP contribution in [-0.2, 0) is 20.1 Å². The fraction of sp³-hybridized carbons (Fsp3) is 0.171. The molecule has 6 nitrogen and oxygen atoms in total. The first kappa shape index (κ1) is 51.0. The molecule has 4 aromatic heterocycles. The normalized spacial score (nSPS) is 11.7. The smallest absolute Gasteiger partial charge is 0.135 e. The van der Waals surface area contributed by atoms with Crippen LogP contribution in [0.5, 0.6) is 0 Å². The van der Waals surface area contributed by atoms with Crippen LogP contribution < -0.4 is 0 Å². The fourth-order valence-corrected chi connectivity index (χ4v) is 11.0. The second-order valence-electron chi connectivity index (χ2n) is 21.1. The van der Waals surface area contributed by atoms with Gasteiger partial charge < -0.3 is 18.0 Å². The number of aromatic nitrogens is 4. The molecular weight excluding hydrogens is 1120 g/mol. The summed E-state index contributed by atoms with van der Waals surface area (Å²) in [6.07, 6.45) is 0. The summed E-state index contributed by atoms with van der Waals surface area (Å²) in [5.41, 5.74) is 19.6. The molecule has 9 aromatic carbocycles. The Morgan fingerprint density at radius 3 is 1.64 bits per heavy atom. The maximum Gasteiger partial charge on any atom is 0.135 e. The third-order valence-electron chi connectivity index (χ3n) is 14.7. The SMILES string of the molecule is CC(C)c1cc(-c2ccccc2)cc(C(C)C)c1-n1c(-c2[c-]ccc3c2oc2cc(-c4cc5ccccc5o4)ccc23)nc2ccccc21.CC(C)c1cccc(C(C)C)c1-n1c(-c2[c-]cccc2)nc2ccccc21.[Ir]. The van der Waals surface area contributed by atoms with E-state index in [4.69, 9.17) is 18.8 Å². The van der Waals surface area contributed by atoms with Gasteiger partial charge in [0.25, 0.3) is 0 Å². The zero-order chi connectivity index (χ0) is 52.2. The van der Waals surface area contributed by atoms with Crippen LogP contribution in [-0.4, -0.2) is 19.1 Å². The molecule has 0 bridgehead atoms. The number of imidazole rings is 2. The van der Waals surface area contributed by atoms with Gasteiger partial charge in [-0.05, 0) is 112 Å². The molecule has 0 fully saturated rings. The Morgan fingerprint density at radius 1 is 0.416 bits per heavy atom. The molecule has 13 rings (SSSR count). The van der Waals surface area contributed by atoms with Gasteiger partial charge in [-0.15, -0.1) is 54.1 Å². The van der Waals surface area contributed by atoms with Gasteiger partial charge in [-0.1, -0.05) is 169 Å². The van der Waals surface area contributed by atoms with Crippen LogP contribution in [0.15, 0.2) is 203 Å². The summed E-state index contributed by atoms with van der Waals surface area (Å²) in [4.78, 5) is 10.3. The number of furan rings is 2. The topological polar surface area (TPSA) is 61.9 Å². The van der Waals surface area contributed by atoms with E-state index < -0.39 is 0 Å². The summed E-state index contributed by atoms with van der Waals surface area (Å²) in [5.74, 6) is 3.98. The van der Waals surface area contributed by atoms with Crippen LogP contribution >= 0.6 is 0 Å². The van der Waals surface area contributed by atoms with Crippen LogP contribution in [0.3, 0.4) is 0 Å². The van der Waals surface area contributed by atoms with Crippen molar-refractivity contribution in [2.45, 2.75) is 79.1 Å². The van der Waals surface area contributed by atoms with Crippen LogP contribution in [0.25, 0.3) is 112 Å². The molecule has 0 aliphatic carbocycles. The fourth-order valence-electron chi connectivity index (χ4n) is 11.0. The van der Waals surface area contributed by atoms with Gasteiger partial charge in [0.1, 0.15) is 16.9 Å². The summed E-state index contributed by atoms with van der Waals surface area (Å²) in [7, 11) is 0. The van der Waals surface area contributed by atoms with Crippen molar-refractivity contribution < 1.29 is 28.9 Å². The van der Waals surface area contributed by atoms with Gasteiger partial charge in [0.15, 0.2) is 0 Å². The summed E-state index contributed by atoms with van der Waals surface area (Å²) in [6.45, 7) is 18.2. The quantitative estimate of drug-likeness (QED) is 0.128. The second-order valence-corrected chi connectivity index (χ2v) is 21.1. The molecule has 0 aliphatic rings. The Labute approximate surface area is 464 Å². The molecule has 1 radical (unpaired) electrons. The van der Waals surface area contributed by atoms with Crippen molar-refractivity contribution in [3.8, 4) is 56.6 Å².